The number of aromatic nitrogens is 1. The van der Waals surface area contributed by atoms with E-state index in [0.717, 1.165) is 11.6 Å². The highest BCUT2D eigenvalue weighted by molar-refractivity contribution is 7.99. The second-order valence-corrected chi connectivity index (χ2v) is 4.65. The van der Waals surface area contributed by atoms with Crippen molar-refractivity contribution in [2.45, 2.75) is 12.5 Å². The zero-order valence-corrected chi connectivity index (χ0v) is 9.51. The van der Waals surface area contributed by atoms with E-state index >= 15 is 0 Å². The molecule has 1 aliphatic heterocycles. The Balaban J connectivity index is 2.11. The van der Waals surface area contributed by atoms with Crippen molar-refractivity contribution in [1.82, 2.24) is 4.98 Å². The topological polar surface area (TPSA) is 60.2 Å². The molecule has 1 aromatic rings. The van der Waals surface area contributed by atoms with Crippen LogP contribution in [0.3, 0.4) is 0 Å². The van der Waals surface area contributed by atoms with Gasteiger partial charge in [0.05, 0.1) is 12.8 Å². The minimum atomic E-state index is 0.483. The van der Waals surface area contributed by atoms with Gasteiger partial charge in [-0.3, -0.25) is 0 Å². The fourth-order valence-corrected chi connectivity index (χ4v) is 2.68. The van der Waals surface area contributed by atoms with E-state index in [-0.39, 0.29) is 0 Å². The maximum Gasteiger partial charge on any atom is 0.215 e. The van der Waals surface area contributed by atoms with E-state index in [9.17, 15) is 0 Å². The maximum absolute atomic E-state index is 5.83. The van der Waals surface area contributed by atoms with Crippen molar-refractivity contribution in [1.29, 1.82) is 0 Å². The fraction of sp³-hybridized carbons (Fsp3) is 0.500. The highest BCUT2D eigenvalue weighted by atomic mass is 32.2. The molecule has 5 heteroatoms. The monoisotopic (exact) mass is 225 g/mol. The van der Waals surface area contributed by atoms with E-state index in [4.69, 9.17) is 10.5 Å². The second-order valence-electron chi connectivity index (χ2n) is 3.50. The number of hydrogen-bond acceptors (Lipinski definition) is 5. The number of hydrogen-bond donors (Lipinski definition) is 2. The highest BCUT2D eigenvalue weighted by Gasteiger charge is 2.16. The van der Waals surface area contributed by atoms with E-state index in [2.05, 4.69) is 10.3 Å². The first kappa shape index (κ1) is 10.4. The van der Waals surface area contributed by atoms with Crippen molar-refractivity contribution in [2.75, 3.05) is 29.7 Å². The van der Waals surface area contributed by atoms with Gasteiger partial charge in [-0.2, -0.15) is 16.7 Å². The Hall–Kier alpha value is -1.10. The molecule has 0 aliphatic carbocycles. The quantitative estimate of drug-likeness (QED) is 0.818. The van der Waals surface area contributed by atoms with Gasteiger partial charge in [-0.15, -0.1) is 0 Å². The summed E-state index contributed by atoms with van der Waals surface area (Å²) in [6, 6.07) is 4.07. The lowest BCUT2D eigenvalue weighted by Crippen LogP contribution is -2.19. The lowest BCUT2D eigenvalue weighted by atomic mass is 10.2. The van der Waals surface area contributed by atoms with Crippen LogP contribution in [-0.4, -0.2) is 29.6 Å². The zero-order chi connectivity index (χ0) is 10.7. The average molecular weight is 225 g/mol. The summed E-state index contributed by atoms with van der Waals surface area (Å²) < 4.78 is 5.06. The van der Waals surface area contributed by atoms with E-state index in [1.54, 1.807) is 13.2 Å². The van der Waals surface area contributed by atoms with Crippen LogP contribution in [0.5, 0.6) is 5.88 Å². The SMILES string of the molecule is COc1ccc(N)c(NC2CCSC2)n1. The van der Waals surface area contributed by atoms with Gasteiger partial charge in [0, 0.05) is 17.9 Å². The lowest BCUT2D eigenvalue weighted by molar-refractivity contribution is 0.398. The molecule has 1 unspecified atom stereocenters. The number of pyridine rings is 1. The molecule has 0 amide bonds. The number of nitrogens with one attached hydrogen (secondary N) is 1. The molecule has 2 rings (SSSR count). The molecule has 2 heterocycles. The number of anilines is 2. The molecule has 3 N–H and O–H groups in total. The van der Waals surface area contributed by atoms with Crippen molar-refractivity contribution < 1.29 is 4.74 Å². The van der Waals surface area contributed by atoms with Gasteiger partial charge >= 0.3 is 0 Å². The van der Waals surface area contributed by atoms with Gasteiger partial charge in [0.2, 0.25) is 5.88 Å². The van der Waals surface area contributed by atoms with E-state index in [1.165, 1.54) is 12.2 Å². The molecule has 1 atom stereocenters. The number of methoxy groups -OCH3 is 1. The number of nitrogen functional groups attached to an aromatic ring is 1. The van der Waals surface area contributed by atoms with Crippen molar-refractivity contribution >= 4 is 23.3 Å². The Labute approximate surface area is 93.6 Å². The summed E-state index contributed by atoms with van der Waals surface area (Å²) in [6.45, 7) is 0. The summed E-state index contributed by atoms with van der Waals surface area (Å²) in [5.74, 6) is 3.67. The molecule has 82 valence electrons. The smallest absolute Gasteiger partial charge is 0.215 e. The van der Waals surface area contributed by atoms with Gasteiger partial charge in [-0.25, -0.2) is 0 Å². The average Bonchev–Trinajstić information content (AvgIpc) is 2.74. The van der Waals surface area contributed by atoms with Gasteiger partial charge in [0.15, 0.2) is 5.82 Å². The summed E-state index contributed by atoms with van der Waals surface area (Å²) in [5.41, 5.74) is 6.51. The number of ether oxygens (including phenoxy) is 1. The standard InChI is InChI=1S/C10H15N3OS/c1-14-9-3-2-8(11)10(13-9)12-7-4-5-15-6-7/h2-3,7H,4-6,11H2,1H3,(H,12,13). The molecule has 0 spiro atoms. The molecular weight excluding hydrogens is 210 g/mol. The van der Waals surface area contributed by atoms with Gasteiger partial charge in [0.25, 0.3) is 0 Å². The molecule has 1 fully saturated rings. The van der Waals surface area contributed by atoms with Gasteiger partial charge in [0.1, 0.15) is 0 Å². The molecule has 0 bridgehead atoms. The van der Waals surface area contributed by atoms with E-state index < -0.39 is 0 Å². The van der Waals surface area contributed by atoms with Crippen molar-refractivity contribution in [3.63, 3.8) is 0 Å². The Morgan fingerprint density at radius 1 is 1.60 bits per heavy atom. The molecule has 4 nitrogen and oxygen atoms in total. The molecule has 0 aromatic carbocycles. The third-order valence-corrected chi connectivity index (χ3v) is 3.54. The van der Waals surface area contributed by atoms with Gasteiger partial charge in [-0.05, 0) is 18.2 Å². The largest absolute Gasteiger partial charge is 0.481 e. The minimum absolute atomic E-state index is 0.483. The van der Waals surface area contributed by atoms with Crippen LogP contribution < -0.4 is 15.8 Å². The van der Waals surface area contributed by atoms with Gasteiger partial charge < -0.3 is 15.8 Å². The summed E-state index contributed by atoms with van der Waals surface area (Å²) in [7, 11) is 1.60. The van der Waals surface area contributed by atoms with Crippen LogP contribution in [0.15, 0.2) is 12.1 Å². The number of nitrogens with two attached hydrogens (primary N) is 1. The van der Waals surface area contributed by atoms with Gasteiger partial charge in [-0.1, -0.05) is 0 Å². The van der Waals surface area contributed by atoms with Crippen LogP contribution in [0, 0.1) is 0 Å². The van der Waals surface area contributed by atoms with Crippen molar-refractivity contribution in [3.8, 4) is 5.88 Å². The van der Waals surface area contributed by atoms with Crippen LogP contribution in [0.1, 0.15) is 6.42 Å². The van der Waals surface area contributed by atoms with Crippen LogP contribution in [-0.2, 0) is 0 Å². The Bertz CT molecular complexity index is 339. The summed E-state index contributed by atoms with van der Waals surface area (Å²) in [6.07, 6.45) is 1.17. The fourth-order valence-electron chi connectivity index (χ4n) is 1.52. The highest BCUT2D eigenvalue weighted by Crippen LogP contribution is 2.25. The summed E-state index contributed by atoms with van der Waals surface area (Å²) in [4.78, 5) is 4.29. The van der Waals surface area contributed by atoms with Crippen molar-refractivity contribution in [2.24, 2.45) is 0 Å². The zero-order valence-electron chi connectivity index (χ0n) is 8.69. The maximum atomic E-state index is 5.83. The first-order valence-electron chi connectivity index (χ1n) is 4.94. The summed E-state index contributed by atoms with van der Waals surface area (Å²) in [5, 5.41) is 3.35. The summed E-state index contributed by atoms with van der Waals surface area (Å²) >= 11 is 1.95. The van der Waals surface area contributed by atoms with Crippen LogP contribution >= 0.6 is 11.8 Å². The molecule has 1 aliphatic rings. The van der Waals surface area contributed by atoms with Crippen LogP contribution in [0.4, 0.5) is 11.5 Å². The first-order valence-corrected chi connectivity index (χ1v) is 6.10. The molecule has 1 saturated heterocycles. The van der Waals surface area contributed by atoms with Crippen LogP contribution in [0.2, 0.25) is 0 Å². The van der Waals surface area contributed by atoms with E-state index in [0.29, 0.717) is 17.6 Å². The number of rotatable bonds is 3. The Morgan fingerprint density at radius 2 is 2.47 bits per heavy atom. The number of nitrogens with zero attached hydrogens (tertiary/aromatic N) is 1. The molecule has 0 radical (unpaired) electrons. The number of thioether (sulfide) groups is 1. The first-order chi connectivity index (χ1) is 7.29. The molecule has 1 aromatic heterocycles. The van der Waals surface area contributed by atoms with Crippen molar-refractivity contribution in [3.05, 3.63) is 12.1 Å². The Kier molecular flexibility index (Phi) is 3.20. The minimum Gasteiger partial charge on any atom is -0.481 e. The molecular formula is C10H15N3OS. The van der Waals surface area contributed by atoms with E-state index in [1.807, 2.05) is 17.8 Å². The predicted octanol–water partition coefficient (Wildman–Crippen LogP) is 1.59. The second kappa shape index (κ2) is 4.61. The molecule has 15 heavy (non-hydrogen) atoms. The third kappa shape index (κ3) is 2.47. The molecule has 0 saturated carbocycles. The lowest BCUT2D eigenvalue weighted by Gasteiger charge is -2.14. The van der Waals surface area contributed by atoms with Crippen LogP contribution in [0.25, 0.3) is 0 Å². The Morgan fingerprint density at radius 3 is 3.13 bits per heavy atom. The normalized spacial score (nSPS) is 20.2. The third-order valence-electron chi connectivity index (χ3n) is 2.38. The predicted molar refractivity (Wildman–Crippen MR) is 64.6 cm³/mol.